The lowest BCUT2D eigenvalue weighted by Crippen LogP contribution is -2.03. The average molecular weight is 247 g/mol. The van der Waals surface area contributed by atoms with Gasteiger partial charge >= 0.3 is 0 Å². The molecule has 0 saturated carbocycles. The zero-order chi connectivity index (χ0) is 12.0. The molecule has 0 radical (unpaired) electrons. The molecule has 0 fully saturated rings. The molecule has 0 spiro atoms. The summed E-state index contributed by atoms with van der Waals surface area (Å²) in [6, 6.07) is 1.22. The maximum absolute atomic E-state index is 10.8. The van der Waals surface area contributed by atoms with E-state index in [0.29, 0.717) is 25.4 Å². The Morgan fingerprint density at radius 3 is 2.75 bits per heavy atom. The van der Waals surface area contributed by atoms with Crippen molar-refractivity contribution in [2.24, 2.45) is 0 Å². The van der Waals surface area contributed by atoms with Crippen molar-refractivity contribution in [3.8, 4) is 5.75 Å². The zero-order valence-electron chi connectivity index (χ0n) is 8.79. The van der Waals surface area contributed by atoms with Crippen LogP contribution in [-0.2, 0) is 14.9 Å². The van der Waals surface area contributed by atoms with Crippen LogP contribution in [0.1, 0.15) is 6.42 Å². The molecule has 0 amide bonds. The zero-order valence-corrected chi connectivity index (χ0v) is 9.61. The minimum atomic E-state index is -4.23. The van der Waals surface area contributed by atoms with Crippen LogP contribution in [0, 0.1) is 0 Å². The van der Waals surface area contributed by atoms with Gasteiger partial charge in [-0.3, -0.25) is 9.54 Å². The van der Waals surface area contributed by atoms with E-state index in [2.05, 4.69) is 4.98 Å². The number of ether oxygens (including phenoxy) is 2. The Labute approximate surface area is 94.0 Å². The van der Waals surface area contributed by atoms with Gasteiger partial charge in [0.1, 0.15) is 10.6 Å². The van der Waals surface area contributed by atoms with Crippen LogP contribution in [0.4, 0.5) is 0 Å². The van der Waals surface area contributed by atoms with E-state index in [1.165, 1.54) is 12.3 Å². The van der Waals surface area contributed by atoms with Crippen LogP contribution in [0.2, 0.25) is 0 Å². The summed E-state index contributed by atoms with van der Waals surface area (Å²) in [5, 5.41) is 0. The molecule has 1 heterocycles. The van der Waals surface area contributed by atoms with E-state index in [1.54, 1.807) is 7.11 Å². The number of aromatic nitrogens is 1. The van der Waals surface area contributed by atoms with Crippen LogP contribution in [0.25, 0.3) is 0 Å². The highest BCUT2D eigenvalue weighted by Crippen LogP contribution is 2.15. The molecule has 1 aromatic heterocycles. The standard InChI is InChI=1S/C9H13NO5S/c1-14-3-2-4-15-8-5-9(7-10-6-8)16(11,12)13/h5-7H,2-4H2,1H3,(H,11,12,13). The highest BCUT2D eigenvalue weighted by molar-refractivity contribution is 7.85. The predicted molar refractivity (Wildman–Crippen MR) is 56.0 cm³/mol. The van der Waals surface area contributed by atoms with Crippen molar-refractivity contribution in [2.75, 3.05) is 20.3 Å². The van der Waals surface area contributed by atoms with Crippen molar-refractivity contribution < 1.29 is 22.4 Å². The molecular weight excluding hydrogens is 234 g/mol. The molecule has 0 bridgehead atoms. The Morgan fingerprint density at radius 2 is 2.12 bits per heavy atom. The highest BCUT2D eigenvalue weighted by atomic mass is 32.2. The summed E-state index contributed by atoms with van der Waals surface area (Å²) < 4.78 is 40.4. The number of hydrogen-bond donors (Lipinski definition) is 1. The summed E-state index contributed by atoms with van der Waals surface area (Å²) in [5.41, 5.74) is 0. The van der Waals surface area contributed by atoms with E-state index in [4.69, 9.17) is 14.0 Å². The number of pyridine rings is 1. The molecule has 1 aromatic rings. The van der Waals surface area contributed by atoms with E-state index in [1.807, 2.05) is 0 Å². The molecule has 0 saturated heterocycles. The highest BCUT2D eigenvalue weighted by Gasteiger charge is 2.10. The van der Waals surface area contributed by atoms with Gasteiger partial charge in [0.05, 0.1) is 12.8 Å². The number of hydrogen-bond acceptors (Lipinski definition) is 5. The second-order valence-corrected chi connectivity index (χ2v) is 4.45. The van der Waals surface area contributed by atoms with Crippen LogP contribution in [-0.4, -0.2) is 38.3 Å². The van der Waals surface area contributed by atoms with Crippen molar-refractivity contribution in [1.29, 1.82) is 0 Å². The molecule has 1 N–H and O–H groups in total. The maximum Gasteiger partial charge on any atom is 0.296 e. The molecule has 0 atom stereocenters. The summed E-state index contributed by atoms with van der Waals surface area (Å²) in [5.74, 6) is 0.297. The lowest BCUT2D eigenvalue weighted by Gasteiger charge is -2.05. The maximum atomic E-state index is 10.8. The Balaban J connectivity index is 2.62. The fourth-order valence-electron chi connectivity index (χ4n) is 1.01. The smallest absolute Gasteiger partial charge is 0.296 e. The van der Waals surface area contributed by atoms with Crippen molar-refractivity contribution >= 4 is 10.1 Å². The second kappa shape index (κ2) is 5.78. The molecule has 0 aliphatic carbocycles. The number of rotatable bonds is 6. The summed E-state index contributed by atoms with van der Waals surface area (Å²) in [6.07, 6.45) is 3.12. The van der Waals surface area contributed by atoms with Crippen molar-refractivity contribution in [1.82, 2.24) is 4.98 Å². The monoisotopic (exact) mass is 247 g/mol. The molecule has 0 aliphatic rings. The van der Waals surface area contributed by atoms with Crippen molar-refractivity contribution in [2.45, 2.75) is 11.3 Å². The summed E-state index contributed by atoms with van der Waals surface area (Å²) in [4.78, 5) is 3.37. The minimum absolute atomic E-state index is 0.281. The lowest BCUT2D eigenvalue weighted by molar-refractivity contribution is 0.172. The van der Waals surface area contributed by atoms with Gasteiger partial charge in [0.25, 0.3) is 10.1 Å². The largest absolute Gasteiger partial charge is 0.492 e. The summed E-state index contributed by atoms with van der Waals surface area (Å²) >= 11 is 0. The van der Waals surface area contributed by atoms with Crippen LogP contribution in [0.15, 0.2) is 23.4 Å². The quantitative estimate of drug-likeness (QED) is 0.589. The predicted octanol–water partition coefficient (Wildman–Crippen LogP) is 0.744. The lowest BCUT2D eigenvalue weighted by atomic mass is 10.4. The first-order chi connectivity index (χ1) is 7.54. The minimum Gasteiger partial charge on any atom is -0.492 e. The molecule has 0 unspecified atom stereocenters. The first-order valence-electron chi connectivity index (χ1n) is 4.58. The van der Waals surface area contributed by atoms with Gasteiger partial charge in [-0.15, -0.1) is 0 Å². The Bertz CT molecular complexity index is 431. The van der Waals surface area contributed by atoms with Gasteiger partial charge in [-0.1, -0.05) is 0 Å². The van der Waals surface area contributed by atoms with Crippen molar-refractivity contribution in [3.63, 3.8) is 0 Å². The molecule has 1 rings (SSSR count). The van der Waals surface area contributed by atoms with E-state index in [9.17, 15) is 8.42 Å². The van der Waals surface area contributed by atoms with Gasteiger partial charge < -0.3 is 9.47 Å². The molecule has 7 heteroatoms. The third-order valence-electron chi connectivity index (χ3n) is 1.75. The molecule has 90 valence electrons. The van der Waals surface area contributed by atoms with Crippen molar-refractivity contribution in [3.05, 3.63) is 18.5 Å². The Hall–Kier alpha value is -1.18. The Kier molecular flexibility index (Phi) is 4.66. The van der Waals surface area contributed by atoms with Crippen LogP contribution < -0.4 is 4.74 Å². The molecule has 16 heavy (non-hydrogen) atoms. The fraction of sp³-hybridized carbons (Fsp3) is 0.444. The third kappa shape index (κ3) is 4.13. The third-order valence-corrected chi connectivity index (χ3v) is 2.57. The van der Waals surface area contributed by atoms with E-state index >= 15 is 0 Å². The number of methoxy groups -OCH3 is 1. The molecular formula is C9H13NO5S. The Morgan fingerprint density at radius 1 is 1.38 bits per heavy atom. The topological polar surface area (TPSA) is 85.7 Å². The van der Waals surface area contributed by atoms with E-state index in [0.717, 1.165) is 6.20 Å². The first-order valence-corrected chi connectivity index (χ1v) is 6.02. The van der Waals surface area contributed by atoms with Gasteiger partial charge in [-0.25, -0.2) is 0 Å². The first kappa shape index (κ1) is 12.9. The van der Waals surface area contributed by atoms with Gasteiger partial charge in [0, 0.05) is 32.4 Å². The van der Waals surface area contributed by atoms with Gasteiger partial charge in [0.15, 0.2) is 0 Å². The van der Waals surface area contributed by atoms with Gasteiger partial charge in [-0.2, -0.15) is 8.42 Å². The van der Waals surface area contributed by atoms with E-state index < -0.39 is 10.1 Å². The second-order valence-electron chi connectivity index (χ2n) is 3.03. The van der Waals surface area contributed by atoms with Gasteiger partial charge in [0.2, 0.25) is 0 Å². The van der Waals surface area contributed by atoms with Crippen LogP contribution in [0.5, 0.6) is 5.75 Å². The van der Waals surface area contributed by atoms with Crippen LogP contribution >= 0.6 is 0 Å². The summed E-state index contributed by atoms with van der Waals surface area (Å²) in [6.45, 7) is 0.954. The molecule has 0 aliphatic heterocycles. The summed E-state index contributed by atoms with van der Waals surface area (Å²) in [7, 11) is -2.64. The molecule has 0 aromatic carbocycles. The SMILES string of the molecule is COCCCOc1cncc(S(=O)(=O)O)c1. The average Bonchev–Trinajstić information content (AvgIpc) is 2.24. The fourth-order valence-corrected chi connectivity index (χ4v) is 1.47. The van der Waals surface area contributed by atoms with E-state index in [-0.39, 0.29) is 4.90 Å². The van der Waals surface area contributed by atoms with Crippen LogP contribution in [0.3, 0.4) is 0 Å². The van der Waals surface area contributed by atoms with Gasteiger partial charge in [-0.05, 0) is 0 Å². The molecule has 6 nitrogen and oxygen atoms in total. The normalized spacial score (nSPS) is 11.4. The number of nitrogens with zero attached hydrogens (tertiary/aromatic N) is 1.